The molecule has 30 heavy (non-hydrogen) atoms. The lowest BCUT2D eigenvalue weighted by atomic mass is 9.95. The Kier molecular flexibility index (Phi) is 6.36. The number of hydrogen-bond donors (Lipinski definition) is 2. The summed E-state index contributed by atoms with van der Waals surface area (Å²) in [5, 5.41) is 3.71. The molecule has 2 aliphatic heterocycles. The quantitative estimate of drug-likeness (QED) is 0.751. The van der Waals surface area contributed by atoms with Crippen LogP contribution in [-0.2, 0) is 0 Å². The van der Waals surface area contributed by atoms with Crippen LogP contribution in [0.2, 0.25) is 5.02 Å². The highest BCUT2D eigenvalue weighted by Crippen LogP contribution is 2.24. The zero-order chi connectivity index (χ0) is 21.1. The summed E-state index contributed by atoms with van der Waals surface area (Å²) in [6.45, 7) is 6.85. The van der Waals surface area contributed by atoms with E-state index in [0.29, 0.717) is 22.2 Å². The van der Waals surface area contributed by atoms with Crippen molar-refractivity contribution in [3.8, 4) is 5.69 Å². The molecule has 0 saturated carbocycles. The molecule has 0 bridgehead atoms. The fraction of sp³-hybridized carbons (Fsp3) is 0.476. The van der Waals surface area contributed by atoms with Crippen LogP contribution in [0.4, 0.5) is 0 Å². The van der Waals surface area contributed by atoms with Gasteiger partial charge in [0.05, 0.1) is 10.7 Å². The van der Waals surface area contributed by atoms with E-state index in [9.17, 15) is 14.4 Å². The van der Waals surface area contributed by atoms with Gasteiger partial charge in [-0.1, -0.05) is 11.6 Å². The SMILES string of the molecule is O=C(c1ccc(Cl)c(-n2ccc(=O)[nH]c2=O)c1)N1CCC(CN2CCNCC2)CC1. The number of H-pyrrole nitrogens is 1. The van der Waals surface area contributed by atoms with E-state index in [1.54, 1.807) is 18.2 Å². The summed E-state index contributed by atoms with van der Waals surface area (Å²) in [7, 11) is 0. The van der Waals surface area contributed by atoms with Gasteiger partial charge in [0, 0.05) is 63.6 Å². The van der Waals surface area contributed by atoms with Crippen molar-refractivity contribution >= 4 is 17.5 Å². The summed E-state index contributed by atoms with van der Waals surface area (Å²) < 4.78 is 1.24. The van der Waals surface area contributed by atoms with E-state index in [1.807, 2.05) is 4.90 Å². The molecule has 4 rings (SSSR count). The number of carbonyl (C=O) groups is 1. The van der Waals surface area contributed by atoms with E-state index in [4.69, 9.17) is 11.6 Å². The number of amides is 1. The Morgan fingerprint density at radius 3 is 2.50 bits per heavy atom. The van der Waals surface area contributed by atoms with E-state index in [2.05, 4.69) is 15.2 Å². The number of halogens is 1. The van der Waals surface area contributed by atoms with Gasteiger partial charge in [0.15, 0.2) is 0 Å². The van der Waals surface area contributed by atoms with Crippen LogP contribution in [-0.4, -0.2) is 71.1 Å². The molecule has 1 aromatic heterocycles. The first kappa shape index (κ1) is 20.8. The van der Waals surface area contributed by atoms with Gasteiger partial charge in [-0.05, 0) is 37.0 Å². The standard InChI is InChI=1S/C21H26ClN5O3/c22-17-2-1-16(13-18(17)27-10-5-19(28)24-21(27)30)20(29)26-8-3-15(4-9-26)14-25-11-6-23-7-12-25/h1-2,5,10,13,15,23H,3-4,6-9,11-12,14H2,(H,24,28,30). The van der Waals surface area contributed by atoms with Crippen molar-refractivity contribution in [2.75, 3.05) is 45.8 Å². The molecule has 0 radical (unpaired) electrons. The number of rotatable bonds is 4. The molecule has 2 fully saturated rings. The first-order valence-electron chi connectivity index (χ1n) is 10.4. The third-order valence-electron chi connectivity index (χ3n) is 5.90. The second kappa shape index (κ2) is 9.16. The average Bonchev–Trinajstić information content (AvgIpc) is 2.75. The molecule has 0 atom stereocenters. The number of likely N-dealkylation sites (tertiary alicyclic amines) is 1. The lowest BCUT2D eigenvalue weighted by Crippen LogP contribution is -2.47. The Morgan fingerprint density at radius 2 is 1.80 bits per heavy atom. The number of nitrogens with zero attached hydrogens (tertiary/aromatic N) is 3. The third kappa shape index (κ3) is 4.66. The maximum absolute atomic E-state index is 13.0. The lowest BCUT2D eigenvalue weighted by molar-refractivity contribution is 0.0663. The molecule has 2 aliphatic rings. The first-order valence-corrected chi connectivity index (χ1v) is 10.7. The topological polar surface area (TPSA) is 90.4 Å². The van der Waals surface area contributed by atoms with Gasteiger partial charge in [0.25, 0.3) is 11.5 Å². The molecule has 2 aromatic rings. The molecule has 9 heteroatoms. The second-order valence-electron chi connectivity index (χ2n) is 7.93. The van der Waals surface area contributed by atoms with Gasteiger partial charge in [0.1, 0.15) is 0 Å². The molecular weight excluding hydrogens is 406 g/mol. The maximum atomic E-state index is 13.0. The predicted octanol–water partition coefficient (Wildman–Crippen LogP) is 0.937. The van der Waals surface area contributed by atoms with E-state index in [0.717, 1.165) is 58.7 Å². The van der Waals surface area contributed by atoms with Crippen LogP contribution in [0.25, 0.3) is 5.69 Å². The number of nitrogens with one attached hydrogen (secondary N) is 2. The third-order valence-corrected chi connectivity index (χ3v) is 6.22. The van der Waals surface area contributed by atoms with Crippen LogP contribution >= 0.6 is 11.6 Å². The Balaban J connectivity index is 1.44. The van der Waals surface area contributed by atoms with Gasteiger partial charge < -0.3 is 15.1 Å². The van der Waals surface area contributed by atoms with Gasteiger partial charge in [-0.25, -0.2) is 4.79 Å². The van der Waals surface area contributed by atoms with Crippen LogP contribution in [0.3, 0.4) is 0 Å². The maximum Gasteiger partial charge on any atom is 0.332 e. The average molecular weight is 432 g/mol. The van der Waals surface area contributed by atoms with Gasteiger partial charge in [-0.2, -0.15) is 0 Å². The Hall–Kier alpha value is -2.42. The van der Waals surface area contributed by atoms with Crippen molar-refractivity contribution in [2.45, 2.75) is 12.8 Å². The van der Waals surface area contributed by atoms with Gasteiger partial charge in [-0.15, -0.1) is 0 Å². The van der Waals surface area contributed by atoms with Crippen molar-refractivity contribution in [1.82, 2.24) is 24.7 Å². The van der Waals surface area contributed by atoms with Crippen molar-refractivity contribution < 1.29 is 4.79 Å². The van der Waals surface area contributed by atoms with Crippen LogP contribution in [0.5, 0.6) is 0 Å². The van der Waals surface area contributed by atoms with Crippen LogP contribution < -0.4 is 16.6 Å². The van der Waals surface area contributed by atoms with E-state index in [1.165, 1.54) is 16.8 Å². The molecule has 2 N–H and O–H groups in total. The fourth-order valence-corrected chi connectivity index (χ4v) is 4.41. The fourth-order valence-electron chi connectivity index (χ4n) is 4.20. The summed E-state index contributed by atoms with van der Waals surface area (Å²) >= 11 is 6.26. The number of aromatic nitrogens is 2. The minimum absolute atomic E-state index is 0.0639. The number of benzene rings is 1. The van der Waals surface area contributed by atoms with Gasteiger partial charge in [-0.3, -0.25) is 19.1 Å². The number of piperazine rings is 1. The van der Waals surface area contributed by atoms with E-state index < -0.39 is 11.2 Å². The largest absolute Gasteiger partial charge is 0.339 e. The summed E-state index contributed by atoms with van der Waals surface area (Å²) in [6.07, 6.45) is 3.35. The molecule has 0 aliphatic carbocycles. The predicted molar refractivity (Wildman–Crippen MR) is 116 cm³/mol. The number of aromatic amines is 1. The number of piperidine rings is 1. The summed E-state index contributed by atoms with van der Waals surface area (Å²) in [6, 6.07) is 6.14. The molecule has 0 spiro atoms. The van der Waals surface area contributed by atoms with E-state index in [-0.39, 0.29) is 5.91 Å². The van der Waals surface area contributed by atoms with Crippen molar-refractivity contribution in [1.29, 1.82) is 0 Å². The number of hydrogen-bond acceptors (Lipinski definition) is 5. The lowest BCUT2D eigenvalue weighted by Gasteiger charge is -2.36. The minimum atomic E-state index is -0.595. The Labute approximate surface area is 179 Å². The molecule has 0 unspecified atom stereocenters. The summed E-state index contributed by atoms with van der Waals surface area (Å²) in [5.41, 5.74) is -0.226. The molecule has 1 aromatic carbocycles. The van der Waals surface area contributed by atoms with Crippen molar-refractivity contribution in [2.24, 2.45) is 5.92 Å². The first-order chi connectivity index (χ1) is 14.5. The molecule has 8 nitrogen and oxygen atoms in total. The molecular formula is C21H26ClN5O3. The molecule has 3 heterocycles. The van der Waals surface area contributed by atoms with Crippen LogP contribution in [0, 0.1) is 5.92 Å². The van der Waals surface area contributed by atoms with Crippen LogP contribution in [0.15, 0.2) is 40.1 Å². The normalized spacial score (nSPS) is 18.5. The Morgan fingerprint density at radius 1 is 1.07 bits per heavy atom. The highest BCUT2D eigenvalue weighted by Gasteiger charge is 2.26. The van der Waals surface area contributed by atoms with Gasteiger partial charge >= 0.3 is 5.69 Å². The van der Waals surface area contributed by atoms with Crippen molar-refractivity contribution in [3.63, 3.8) is 0 Å². The Bertz CT molecular complexity index is 1020. The van der Waals surface area contributed by atoms with Gasteiger partial charge in [0.2, 0.25) is 0 Å². The zero-order valence-electron chi connectivity index (χ0n) is 16.8. The molecule has 160 valence electrons. The monoisotopic (exact) mass is 431 g/mol. The van der Waals surface area contributed by atoms with Crippen LogP contribution in [0.1, 0.15) is 23.2 Å². The van der Waals surface area contributed by atoms with Crippen molar-refractivity contribution in [3.05, 3.63) is 61.9 Å². The minimum Gasteiger partial charge on any atom is -0.339 e. The zero-order valence-corrected chi connectivity index (χ0v) is 17.5. The molecule has 2 saturated heterocycles. The smallest absolute Gasteiger partial charge is 0.332 e. The summed E-state index contributed by atoms with van der Waals surface area (Å²) in [4.78, 5) is 43.1. The second-order valence-corrected chi connectivity index (χ2v) is 8.34. The number of carbonyl (C=O) groups excluding carboxylic acids is 1. The highest BCUT2D eigenvalue weighted by atomic mass is 35.5. The summed E-state index contributed by atoms with van der Waals surface area (Å²) in [5.74, 6) is 0.554. The molecule has 1 amide bonds. The van der Waals surface area contributed by atoms with E-state index >= 15 is 0 Å². The highest BCUT2D eigenvalue weighted by molar-refractivity contribution is 6.32.